The number of rotatable bonds is 4. The summed E-state index contributed by atoms with van der Waals surface area (Å²) in [4.78, 5) is 0. The van der Waals surface area contributed by atoms with Gasteiger partial charge in [0.2, 0.25) is 0 Å². The second kappa shape index (κ2) is 4.45. The first kappa shape index (κ1) is 11.0. The van der Waals surface area contributed by atoms with Crippen LogP contribution in [-0.4, -0.2) is 22.9 Å². The van der Waals surface area contributed by atoms with Gasteiger partial charge in [0.05, 0.1) is 6.54 Å². The zero-order chi connectivity index (χ0) is 10.6. The maximum atomic E-state index is 12.1. The van der Waals surface area contributed by atoms with Crippen LogP contribution in [-0.2, 0) is 12.7 Å². The first-order valence-corrected chi connectivity index (χ1v) is 4.35. The van der Waals surface area contributed by atoms with E-state index in [-0.39, 0.29) is 0 Å². The molecule has 0 amide bonds. The fourth-order valence-corrected chi connectivity index (χ4v) is 1.01. The summed E-state index contributed by atoms with van der Waals surface area (Å²) in [5, 5.41) is 6.41. The summed E-state index contributed by atoms with van der Waals surface area (Å²) >= 11 is 0. The van der Waals surface area contributed by atoms with Gasteiger partial charge in [-0.15, -0.1) is 0 Å². The number of hydrogen-bond donors (Lipinski definition) is 1. The van der Waals surface area contributed by atoms with Gasteiger partial charge >= 0.3 is 6.18 Å². The quantitative estimate of drug-likeness (QED) is 0.758. The molecule has 0 aliphatic rings. The molecule has 0 aliphatic carbocycles. The van der Waals surface area contributed by atoms with Crippen molar-refractivity contribution < 1.29 is 13.2 Å². The number of halogens is 3. The van der Waals surface area contributed by atoms with Crippen molar-refractivity contribution >= 4 is 0 Å². The Bertz CT molecular complexity index is 280. The van der Waals surface area contributed by atoms with Crippen molar-refractivity contribution in [1.29, 1.82) is 0 Å². The zero-order valence-electron chi connectivity index (χ0n) is 7.80. The predicted molar refractivity (Wildman–Crippen MR) is 45.8 cm³/mol. The van der Waals surface area contributed by atoms with E-state index in [1.54, 1.807) is 0 Å². The monoisotopic (exact) mass is 207 g/mol. The Kier molecular flexibility index (Phi) is 3.51. The van der Waals surface area contributed by atoms with Crippen LogP contribution < -0.4 is 5.32 Å². The van der Waals surface area contributed by atoms with E-state index in [0.29, 0.717) is 13.1 Å². The van der Waals surface area contributed by atoms with Gasteiger partial charge in [0.15, 0.2) is 5.69 Å². The Morgan fingerprint density at radius 2 is 2.21 bits per heavy atom. The molecule has 1 rings (SSSR count). The Morgan fingerprint density at radius 3 is 2.71 bits per heavy atom. The van der Waals surface area contributed by atoms with Crippen molar-refractivity contribution in [3.8, 4) is 0 Å². The Balaban J connectivity index is 2.51. The van der Waals surface area contributed by atoms with Crippen LogP contribution in [0.3, 0.4) is 0 Å². The van der Waals surface area contributed by atoms with Crippen LogP contribution >= 0.6 is 0 Å². The lowest BCUT2D eigenvalue weighted by Crippen LogP contribution is -2.19. The van der Waals surface area contributed by atoms with E-state index in [1.807, 2.05) is 6.92 Å². The summed E-state index contributed by atoms with van der Waals surface area (Å²) in [6.45, 7) is 3.80. The average molecular weight is 207 g/mol. The lowest BCUT2D eigenvalue weighted by atomic mass is 10.4. The standard InChI is InChI=1S/C8H12F3N3/c1-2-12-4-6-14-5-3-7(13-14)8(9,10)11/h3,5,12H,2,4,6H2,1H3. The van der Waals surface area contributed by atoms with E-state index >= 15 is 0 Å². The number of hydrogen-bond acceptors (Lipinski definition) is 2. The van der Waals surface area contributed by atoms with Gasteiger partial charge in [-0.05, 0) is 12.6 Å². The molecule has 0 atom stereocenters. The molecule has 14 heavy (non-hydrogen) atoms. The minimum Gasteiger partial charge on any atom is -0.315 e. The molecule has 0 aliphatic heterocycles. The molecule has 0 aromatic carbocycles. The molecule has 1 N–H and O–H groups in total. The topological polar surface area (TPSA) is 29.9 Å². The second-order valence-electron chi connectivity index (χ2n) is 2.82. The third-order valence-electron chi connectivity index (χ3n) is 1.70. The average Bonchev–Trinajstić information content (AvgIpc) is 2.52. The minimum absolute atomic E-state index is 0.448. The fraction of sp³-hybridized carbons (Fsp3) is 0.625. The Morgan fingerprint density at radius 1 is 1.50 bits per heavy atom. The van der Waals surface area contributed by atoms with Gasteiger partial charge in [0.25, 0.3) is 0 Å². The number of likely N-dealkylation sites (N-methyl/N-ethyl adjacent to an activating group) is 1. The van der Waals surface area contributed by atoms with E-state index in [1.165, 1.54) is 10.9 Å². The van der Waals surface area contributed by atoms with E-state index in [4.69, 9.17) is 0 Å². The molecular formula is C8H12F3N3. The minimum atomic E-state index is -4.34. The van der Waals surface area contributed by atoms with Crippen LogP contribution in [0.25, 0.3) is 0 Å². The highest BCUT2D eigenvalue weighted by molar-refractivity contribution is 5.03. The van der Waals surface area contributed by atoms with Crippen LogP contribution in [0.1, 0.15) is 12.6 Å². The maximum absolute atomic E-state index is 12.1. The van der Waals surface area contributed by atoms with Crippen molar-refractivity contribution in [2.75, 3.05) is 13.1 Å². The molecule has 0 fully saturated rings. The van der Waals surface area contributed by atoms with Crippen LogP contribution in [0.2, 0.25) is 0 Å². The molecule has 0 saturated heterocycles. The zero-order valence-corrected chi connectivity index (χ0v) is 7.80. The molecule has 6 heteroatoms. The molecule has 0 unspecified atom stereocenters. The largest absolute Gasteiger partial charge is 0.435 e. The lowest BCUT2D eigenvalue weighted by Gasteiger charge is -2.03. The molecule has 3 nitrogen and oxygen atoms in total. The highest BCUT2D eigenvalue weighted by Crippen LogP contribution is 2.26. The van der Waals surface area contributed by atoms with E-state index < -0.39 is 11.9 Å². The van der Waals surface area contributed by atoms with Gasteiger partial charge in [-0.25, -0.2) is 0 Å². The third kappa shape index (κ3) is 3.02. The SMILES string of the molecule is CCNCCn1ccc(C(F)(F)F)n1. The summed E-state index contributed by atoms with van der Waals surface area (Å²) in [6.07, 6.45) is -3.01. The van der Waals surface area contributed by atoms with Crippen LogP contribution in [0.4, 0.5) is 13.2 Å². The number of nitrogens with one attached hydrogen (secondary N) is 1. The van der Waals surface area contributed by atoms with E-state index in [0.717, 1.165) is 12.6 Å². The maximum Gasteiger partial charge on any atom is 0.435 e. The summed E-state index contributed by atoms with van der Waals surface area (Å²) in [6, 6.07) is 0.978. The molecule has 0 saturated carbocycles. The predicted octanol–water partition coefficient (Wildman–Crippen LogP) is 1.51. The lowest BCUT2D eigenvalue weighted by molar-refractivity contribution is -0.141. The van der Waals surface area contributed by atoms with Gasteiger partial charge in [-0.2, -0.15) is 18.3 Å². The molecule has 0 spiro atoms. The van der Waals surface area contributed by atoms with E-state index in [2.05, 4.69) is 10.4 Å². The number of aromatic nitrogens is 2. The Hall–Kier alpha value is -1.04. The summed E-state index contributed by atoms with van der Waals surface area (Å²) < 4.78 is 37.6. The van der Waals surface area contributed by atoms with Crippen LogP contribution in [0, 0.1) is 0 Å². The third-order valence-corrected chi connectivity index (χ3v) is 1.70. The molecule has 0 radical (unpaired) electrons. The second-order valence-corrected chi connectivity index (χ2v) is 2.82. The summed E-state index contributed by atoms with van der Waals surface area (Å²) in [7, 11) is 0. The normalized spacial score (nSPS) is 12.0. The van der Waals surface area contributed by atoms with Crippen LogP contribution in [0.5, 0.6) is 0 Å². The number of nitrogens with zero attached hydrogens (tertiary/aromatic N) is 2. The highest BCUT2D eigenvalue weighted by atomic mass is 19.4. The summed E-state index contributed by atoms with van der Waals surface area (Å²) in [5.74, 6) is 0. The summed E-state index contributed by atoms with van der Waals surface area (Å²) in [5.41, 5.74) is -0.839. The van der Waals surface area contributed by atoms with Crippen molar-refractivity contribution in [1.82, 2.24) is 15.1 Å². The Labute approximate surface area is 79.9 Å². The van der Waals surface area contributed by atoms with Gasteiger partial charge in [-0.3, -0.25) is 4.68 Å². The fourth-order valence-electron chi connectivity index (χ4n) is 1.01. The number of alkyl halides is 3. The van der Waals surface area contributed by atoms with Gasteiger partial charge < -0.3 is 5.32 Å². The van der Waals surface area contributed by atoms with Crippen molar-refractivity contribution in [3.63, 3.8) is 0 Å². The van der Waals surface area contributed by atoms with Crippen molar-refractivity contribution in [3.05, 3.63) is 18.0 Å². The van der Waals surface area contributed by atoms with Crippen molar-refractivity contribution in [2.45, 2.75) is 19.6 Å². The molecule has 1 aromatic heterocycles. The smallest absolute Gasteiger partial charge is 0.315 e. The van der Waals surface area contributed by atoms with Gasteiger partial charge in [-0.1, -0.05) is 6.92 Å². The first-order valence-electron chi connectivity index (χ1n) is 4.35. The van der Waals surface area contributed by atoms with Crippen molar-refractivity contribution in [2.24, 2.45) is 0 Å². The van der Waals surface area contributed by atoms with Crippen LogP contribution in [0.15, 0.2) is 12.3 Å². The van der Waals surface area contributed by atoms with Gasteiger partial charge in [0, 0.05) is 12.7 Å². The molecule has 1 heterocycles. The van der Waals surface area contributed by atoms with E-state index in [9.17, 15) is 13.2 Å². The molecule has 80 valence electrons. The first-order chi connectivity index (χ1) is 6.54. The molecular weight excluding hydrogens is 195 g/mol. The highest BCUT2D eigenvalue weighted by Gasteiger charge is 2.33. The molecule has 0 bridgehead atoms. The van der Waals surface area contributed by atoms with Gasteiger partial charge in [0.1, 0.15) is 0 Å². The molecule has 1 aromatic rings.